The first-order valence-electron chi connectivity index (χ1n) is 8.59. The summed E-state index contributed by atoms with van der Waals surface area (Å²) in [5.41, 5.74) is 0.932. The Hall–Kier alpha value is -1.66. The summed E-state index contributed by atoms with van der Waals surface area (Å²) in [6, 6.07) is 6.81. The molecule has 2 N–H and O–H groups in total. The standard InChI is InChI=1S/C18H25FN2O3/c1-24-18(23)12-10-16(17(22)11-12)21-8-6-15(7-9-21)20-14-4-2-13(19)3-5-14/h2-5,12,15-17,20,22H,6-11H2,1H3/t12-,16+,17+/m0/s1. The van der Waals surface area contributed by atoms with Gasteiger partial charge in [0.1, 0.15) is 5.82 Å². The van der Waals surface area contributed by atoms with E-state index in [9.17, 15) is 14.3 Å². The van der Waals surface area contributed by atoms with Crippen LogP contribution in [-0.2, 0) is 9.53 Å². The maximum Gasteiger partial charge on any atom is 0.308 e. The molecule has 1 saturated heterocycles. The third-order valence-electron chi connectivity index (χ3n) is 5.24. The number of rotatable bonds is 4. The van der Waals surface area contributed by atoms with Gasteiger partial charge in [-0.3, -0.25) is 9.69 Å². The van der Waals surface area contributed by atoms with Crippen LogP contribution in [0.4, 0.5) is 10.1 Å². The van der Waals surface area contributed by atoms with E-state index in [4.69, 9.17) is 4.74 Å². The number of benzene rings is 1. The van der Waals surface area contributed by atoms with Gasteiger partial charge in [-0.05, 0) is 49.9 Å². The Labute approximate surface area is 141 Å². The third kappa shape index (κ3) is 3.87. The first-order chi connectivity index (χ1) is 11.6. The number of carbonyl (C=O) groups excluding carboxylic acids is 1. The number of halogens is 1. The van der Waals surface area contributed by atoms with Crippen LogP contribution in [0.15, 0.2) is 24.3 Å². The van der Waals surface area contributed by atoms with Gasteiger partial charge in [-0.2, -0.15) is 0 Å². The number of ether oxygens (including phenoxy) is 1. The molecule has 3 rings (SSSR count). The van der Waals surface area contributed by atoms with Gasteiger partial charge in [0.2, 0.25) is 0 Å². The van der Waals surface area contributed by atoms with Gasteiger partial charge in [-0.25, -0.2) is 4.39 Å². The van der Waals surface area contributed by atoms with Crippen LogP contribution in [0.2, 0.25) is 0 Å². The number of aliphatic hydroxyl groups is 1. The minimum atomic E-state index is -0.462. The molecule has 1 aromatic rings. The highest BCUT2D eigenvalue weighted by Gasteiger charge is 2.41. The van der Waals surface area contributed by atoms with Gasteiger partial charge in [0.25, 0.3) is 0 Å². The van der Waals surface area contributed by atoms with E-state index < -0.39 is 6.10 Å². The summed E-state index contributed by atoms with van der Waals surface area (Å²) in [5, 5.41) is 13.7. The molecule has 3 atom stereocenters. The van der Waals surface area contributed by atoms with Crippen LogP contribution < -0.4 is 5.32 Å². The highest BCUT2D eigenvalue weighted by Crippen LogP contribution is 2.32. The number of piperidine rings is 1. The van der Waals surface area contributed by atoms with Gasteiger partial charge >= 0.3 is 5.97 Å². The minimum absolute atomic E-state index is 0.0425. The summed E-state index contributed by atoms with van der Waals surface area (Å²) in [6.07, 6.45) is 2.62. The number of nitrogens with one attached hydrogen (secondary N) is 1. The molecule has 1 saturated carbocycles. The number of hydrogen-bond acceptors (Lipinski definition) is 5. The number of hydrogen-bond donors (Lipinski definition) is 2. The number of likely N-dealkylation sites (tertiary alicyclic amines) is 1. The second kappa shape index (κ2) is 7.49. The maximum atomic E-state index is 12.9. The molecule has 2 aliphatic rings. The van der Waals surface area contributed by atoms with E-state index in [1.54, 1.807) is 12.1 Å². The van der Waals surface area contributed by atoms with Crippen LogP contribution in [0, 0.1) is 11.7 Å². The van der Waals surface area contributed by atoms with Crippen LogP contribution >= 0.6 is 0 Å². The fourth-order valence-corrected chi connectivity index (χ4v) is 3.90. The molecule has 24 heavy (non-hydrogen) atoms. The Morgan fingerprint density at radius 2 is 1.92 bits per heavy atom. The monoisotopic (exact) mass is 336 g/mol. The molecule has 1 aliphatic heterocycles. The van der Waals surface area contributed by atoms with E-state index in [1.165, 1.54) is 19.2 Å². The van der Waals surface area contributed by atoms with E-state index in [1.807, 2.05) is 0 Å². The van der Waals surface area contributed by atoms with Crippen LogP contribution in [0.1, 0.15) is 25.7 Å². The molecule has 1 heterocycles. The lowest BCUT2D eigenvalue weighted by atomic mass is 10.0. The summed E-state index contributed by atoms with van der Waals surface area (Å²) in [6.45, 7) is 1.77. The topological polar surface area (TPSA) is 61.8 Å². The predicted octanol–water partition coefficient (Wildman–Crippen LogP) is 2.01. The summed E-state index contributed by atoms with van der Waals surface area (Å²) in [7, 11) is 1.40. The van der Waals surface area contributed by atoms with E-state index in [0.717, 1.165) is 31.6 Å². The third-order valence-corrected chi connectivity index (χ3v) is 5.24. The van der Waals surface area contributed by atoms with Crippen molar-refractivity contribution in [1.29, 1.82) is 0 Å². The van der Waals surface area contributed by atoms with Crippen LogP contribution in [0.3, 0.4) is 0 Å². The minimum Gasteiger partial charge on any atom is -0.469 e. The SMILES string of the molecule is COC(=O)[C@@H]1C[C@@H](O)[C@H](N2CCC(Nc3ccc(F)cc3)CC2)C1. The fourth-order valence-electron chi connectivity index (χ4n) is 3.90. The lowest BCUT2D eigenvalue weighted by Crippen LogP contribution is -2.47. The van der Waals surface area contributed by atoms with Crippen molar-refractivity contribution in [3.05, 3.63) is 30.1 Å². The second-order valence-corrected chi connectivity index (χ2v) is 6.79. The van der Waals surface area contributed by atoms with Gasteiger partial charge in [-0.1, -0.05) is 0 Å². The zero-order valence-corrected chi connectivity index (χ0v) is 14.0. The van der Waals surface area contributed by atoms with Crippen molar-refractivity contribution < 1.29 is 19.0 Å². The normalized spacial score (nSPS) is 28.7. The molecule has 0 bridgehead atoms. The van der Waals surface area contributed by atoms with Crippen molar-refractivity contribution in [3.8, 4) is 0 Å². The zero-order valence-electron chi connectivity index (χ0n) is 14.0. The van der Waals surface area contributed by atoms with Gasteiger partial charge in [0.15, 0.2) is 0 Å². The highest BCUT2D eigenvalue weighted by molar-refractivity contribution is 5.72. The van der Waals surface area contributed by atoms with Crippen LogP contribution in [0.5, 0.6) is 0 Å². The number of aliphatic hydroxyl groups excluding tert-OH is 1. The molecule has 5 nitrogen and oxygen atoms in total. The number of nitrogens with zero attached hydrogens (tertiary/aromatic N) is 1. The second-order valence-electron chi connectivity index (χ2n) is 6.79. The van der Waals surface area contributed by atoms with Gasteiger partial charge in [0.05, 0.1) is 19.1 Å². The van der Waals surface area contributed by atoms with Crippen molar-refractivity contribution >= 4 is 11.7 Å². The van der Waals surface area contributed by atoms with E-state index >= 15 is 0 Å². The smallest absolute Gasteiger partial charge is 0.308 e. The van der Waals surface area contributed by atoms with Crippen molar-refractivity contribution in [2.24, 2.45) is 5.92 Å². The number of anilines is 1. The number of carbonyl (C=O) groups is 1. The van der Waals surface area contributed by atoms with Crippen molar-refractivity contribution in [2.45, 2.75) is 43.9 Å². The van der Waals surface area contributed by atoms with Crippen LogP contribution in [0.25, 0.3) is 0 Å². The Morgan fingerprint density at radius 1 is 1.25 bits per heavy atom. The summed E-state index contributed by atoms with van der Waals surface area (Å²) < 4.78 is 17.8. The summed E-state index contributed by atoms with van der Waals surface area (Å²) >= 11 is 0. The molecule has 0 unspecified atom stereocenters. The summed E-state index contributed by atoms with van der Waals surface area (Å²) in [4.78, 5) is 14.0. The molecule has 1 aliphatic carbocycles. The molecule has 6 heteroatoms. The lowest BCUT2D eigenvalue weighted by Gasteiger charge is -2.37. The molecular formula is C18H25FN2O3. The number of methoxy groups -OCH3 is 1. The molecule has 0 spiro atoms. The number of esters is 1. The molecule has 1 aromatic carbocycles. The molecule has 0 amide bonds. The first-order valence-corrected chi connectivity index (χ1v) is 8.59. The van der Waals surface area contributed by atoms with E-state index in [-0.39, 0.29) is 23.7 Å². The average molecular weight is 336 g/mol. The Kier molecular flexibility index (Phi) is 5.36. The van der Waals surface area contributed by atoms with Crippen molar-refractivity contribution in [2.75, 3.05) is 25.5 Å². The fraction of sp³-hybridized carbons (Fsp3) is 0.611. The molecular weight excluding hydrogens is 311 g/mol. The van der Waals surface area contributed by atoms with Crippen molar-refractivity contribution in [3.63, 3.8) is 0 Å². The quantitative estimate of drug-likeness (QED) is 0.824. The molecule has 2 fully saturated rings. The van der Waals surface area contributed by atoms with Gasteiger partial charge < -0.3 is 15.2 Å². The van der Waals surface area contributed by atoms with Crippen LogP contribution in [-0.4, -0.2) is 54.4 Å². The average Bonchev–Trinajstić information content (AvgIpc) is 2.99. The molecule has 132 valence electrons. The highest BCUT2D eigenvalue weighted by atomic mass is 19.1. The predicted molar refractivity (Wildman–Crippen MR) is 89.2 cm³/mol. The molecule has 0 radical (unpaired) electrons. The van der Waals surface area contributed by atoms with E-state index in [0.29, 0.717) is 18.9 Å². The largest absolute Gasteiger partial charge is 0.469 e. The Morgan fingerprint density at radius 3 is 2.54 bits per heavy atom. The zero-order chi connectivity index (χ0) is 17.1. The summed E-state index contributed by atoms with van der Waals surface area (Å²) in [5.74, 6) is -0.639. The Bertz CT molecular complexity index is 558. The first kappa shape index (κ1) is 17.2. The lowest BCUT2D eigenvalue weighted by molar-refractivity contribution is -0.145. The van der Waals surface area contributed by atoms with E-state index in [2.05, 4.69) is 10.2 Å². The van der Waals surface area contributed by atoms with Gasteiger partial charge in [-0.15, -0.1) is 0 Å². The maximum absolute atomic E-state index is 12.9. The Balaban J connectivity index is 1.50. The van der Waals surface area contributed by atoms with Gasteiger partial charge in [0, 0.05) is 30.9 Å². The van der Waals surface area contributed by atoms with Crippen molar-refractivity contribution in [1.82, 2.24) is 4.90 Å². The molecule has 0 aromatic heterocycles.